The van der Waals surface area contributed by atoms with E-state index < -0.39 is 0 Å². The van der Waals surface area contributed by atoms with E-state index in [4.69, 9.17) is 14.2 Å². The summed E-state index contributed by atoms with van der Waals surface area (Å²) in [4.78, 5) is 25.4. The van der Waals surface area contributed by atoms with E-state index in [1.54, 1.807) is 31.1 Å². The number of esters is 1. The van der Waals surface area contributed by atoms with Gasteiger partial charge in [-0.1, -0.05) is 18.2 Å². The van der Waals surface area contributed by atoms with Crippen molar-refractivity contribution < 1.29 is 23.8 Å². The maximum atomic E-state index is 12.3. The lowest BCUT2D eigenvalue weighted by atomic mass is 10.3. The van der Waals surface area contributed by atoms with Crippen molar-refractivity contribution in [1.29, 1.82) is 0 Å². The molecule has 128 valence electrons. The summed E-state index contributed by atoms with van der Waals surface area (Å²) in [5.41, 5.74) is 0. The number of ether oxygens (including phenoxy) is 3. The molecular formula is C17H25NO5. The Morgan fingerprint density at radius 1 is 1.13 bits per heavy atom. The van der Waals surface area contributed by atoms with Crippen LogP contribution in [0.2, 0.25) is 0 Å². The zero-order chi connectivity index (χ0) is 16.9. The van der Waals surface area contributed by atoms with Gasteiger partial charge in [0.1, 0.15) is 5.75 Å². The van der Waals surface area contributed by atoms with Crippen molar-refractivity contribution in [2.45, 2.75) is 19.8 Å². The van der Waals surface area contributed by atoms with Gasteiger partial charge in [-0.2, -0.15) is 0 Å². The van der Waals surface area contributed by atoms with E-state index in [2.05, 4.69) is 0 Å². The van der Waals surface area contributed by atoms with Gasteiger partial charge >= 0.3 is 5.97 Å². The standard InChI is InChI=1S/C17H25NO5/c1-3-22-17(20)10-12-18(11-7-13-21-2)16(19)14-23-15-8-5-4-6-9-15/h4-6,8-9H,3,7,10-14H2,1-2H3. The molecule has 1 aromatic rings. The number of rotatable bonds is 11. The van der Waals surface area contributed by atoms with Gasteiger partial charge in [-0.25, -0.2) is 0 Å². The van der Waals surface area contributed by atoms with Gasteiger partial charge in [0.15, 0.2) is 6.61 Å². The van der Waals surface area contributed by atoms with Gasteiger partial charge in [0.25, 0.3) is 5.91 Å². The van der Waals surface area contributed by atoms with Crippen molar-refractivity contribution >= 4 is 11.9 Å². The number of benzene rings is 1. The first kappa shape index (κ1) is 19.0. The summed E-state index contributed by atoms with van der Waals surface area (Å²) in [5, 5.41) is 0. The molecule has 0 aromatic heterocycles. The van der Waals surface area contributed by atoms with E-state index in [0.717, 1.165) is 0 Å². The highest BCUT2D eigenvalue weighted by Crippen LogP contribution is 2.08. The Labute approximate surface area is 137 Å². The van der Waals surface area contributed by atoms with E-state index in [9.17, 15) is 9.59 Å². The molecule has 23 heavy (non-hydrogen) atoms. The summed E-state index contributed by atoms with van der Waals surface area (Å²) in [6.45, 7) is 3.44. The topological polar surface area (TPSA) is 65.1 Å². The predicted octanol–water partition coefficient (Wildman–Crippen LogP) is 1.88. The lowest BCUT2D eigenvalue weighted by Gasteiger charge is -2.22. The second kappa shape index (κ2) is 11.5. The minimum Gasteiger partial charge on any atom is -0.484 e. The number of hydrogen-bond donors (Lipinski definition) is 0. The molecule has 0 aliphatic rings. The van der Waals surface area contributed by atoms with Crippen molar-refractivity contribution in [2.24, 2.45) is 0 Å². The van der Waals surface area contributed by atoms with Crippen LogP contribution in [0.25, 0.3) is 0 Å². The molecule has 0 aliphatic heterocycles. The molecule has 0 atom stereocenters. The van der Waals surface area contributed by atoms with E-state index in [1.807, 2.05) is 18.2 Å². The maximum absolute atomic E-state index is 12.3. The zero-order valence-electron chi connectivity index (χ0n) is 13.8. The quantitative estimate of drug-likeness (QED) is 0.459. The zero-order valence-corrected chi connectivity index (χ0v) is 13.8. The van der Waals surface area contributed by atoms with Crippen LogP contribution in [-0.2, 0) is 19.1 Å². The highest BCUT2D eigenvalue weighted by molar-refractivity contribution is 5.78. The fourth-order valence-corrected chi connectivity index (χ4v) is 1.97. The van der Waals surface area contributed by atoms with Gasteiger partial charge in [-0.3, -0.25) is 9.59 Å². The van der Waals surface area contributed by atoms with Gasteiger partial charge in [0.05, 0.1) is 13.0 Å². The fraction of sp³-hybridized carbons (Fsp3) is 0.529. The van der Waals surface area contributed by atoms with E-state index in [0.29, 0.717) is 38.5 Å². The van der Waals surface area contributed by atoms with Crippen LogP contribution in [-0.4, -0.2) is 56.8 Å². The molecule has 0 N–H and O–H groups in total. The minimum absolute atomic E-state index is 0.0557. The Morgan fingerprint density at radius 3 is 2.52 bits per heavy atom. The maximum Gasteiger partial charge on any atom is 0.307 e. The molecule has 0 saturated heterocycles. The highest BCUT2D eigenvalue weighted by Gasteiger charge is 2.16. The molecule has 0 bridgehead atoms. The molecule has 1 rings (SSSR count). The number of methoxy groups -OCH3 is 1. The molecule has 0 radical (unpaired) electrons. The number of carbonyl (C=O) groups excluding carboxylic acids is 2. The van der Waals surface area contributed by atoms with Crippen molar-refractivity contribution in [1.82, 2.24) is 4.90 Å². The van der Waals surface area contributed by atoms with Crippen molar-refractivity contribution in [3.63, 3.8) is 0 Å². The fourth-order valence-electron chi connectivity index (χ4n) is 1.97. The van der Waals surface area contributed by atoms with Crippen LogP contribution >= 0.6 is 0 Å². The molecular weight excluding hydrogens is 298 g/mol. The lowest BCUT2D eigenvalue weighted by Crippen LogP contribution is -2.37. The highest BCUT2D eigenvalue weighted by atomic mass is 16.5. The second-order valence-electron chi connectivity index (χ2n) is 4.88. The predicted molar refractivity (Wildman–Crippen MR) is 86.3 cm³/mol. The molecule has 0 saturated carbocycles. The normalized spacial score (nSPS) is 10.2. The third kappa shape index (κ3) is 8.21. The summed E-state index contributed by atoms with van der Waals surface area (Å²) in [5.74, 6) is 0.179. The number of para-hydroxylation sites is 1. The first-order valence-corrected chi connectivity index (χ1v) is 7.77. The third-order valence-corrected chi connectivity index (χ3v) is 3.13. The van der Waals surface area contributed by atoms with Crippen molar-refractivity contribution in [3.05, 3.63) is 30.3 Å². The molecule has 0 aliphatic carbocycles. The number of amides is 1. The average Bonchev–Trinajstić information content (AvgIpc) is 2.57. The van der Waals surface area contributed by atoms with Crippen molar-refractivity contribution in [2.75, 3.05) is 40.0 Å². The average molecular weight is 323 g/mol. The molecule has 0 fully saturated rings. The van der Waals surface area contributed by atoms with E-state index in [1.165, 1.54) is 0 Å². The third-order valence-electron chi connectivity index (χ3n) is 3.13. The van der Waals surface area contributed by atoms with Gasteiger partial charge < -0.3 is 19.1 Å². The smallest absolute Gasteiger partial charge is 0.307 e. The first-order valence-electron chi connectivity index (χ1n) is 7.77. The summed E-state index contributed by atoms with van der Waals surface area (Å²) < 4.78 is 15.4. The Bertz CT molecular complexity index is 463. The van der Waals surface area contributed by atoms with E-state index >= 15 is 0 Å². The van der Waals surface area contributed by atoms with Crippen LogP contribution in [0, 0.1) is 0 Å². The Kier molecular flexibility index (Phi) is 9.47. The molecule has 1 amide bonds. The summed E-state index contributed by atoms with van der Waals surface area (Å²) in [6.07, 6.45) is 0.883. The van der Waals surface area contributed by atoms with Crippen LogP contribution in [0.1, 0.15) is 19.8 Å². The largest absolute Gasteiger partial charge is 0.484 e. The monoisotopic (exact) mass is 323 g/mol. The SMILES string of the molecule is CCOC(=O)CCN(CCCOC)C(=O)COc1ccccc1. The Hall–Kier alpha value is -2.08. The molecule has 1 aromatic carbocycles. The number of hydrogen-bond acceptors (Lipinski definition) is 5. The number of nitrogens with zero attached hydrogens (tertiary/aromatic N) is 1. The molecule has 0 unspecified atom stereocenters. The summed E-state index contributed by atoms with van der Waals surface area (Å²) >= 11 is 0. The Balaban J connectivity index is 2.47. The van der Waals surface area contributed by atoms with Crippen LogP contribution in [0.4, 0.5) is 0 Å². The van der Waals surface area contributed by atoms with Gasteiger partial charge in [-0.15, -0.1) is 0 Å². The summed E-state index contributed by atoms with van der Waals surface area (Å²) in [7, 11) is 1.61. The first-order chi connectivity index (χ1) is 11.2. The van der Waals surface area contributed by atoms with Crippen LogP contribution < -0.4 is 4.74 Å². The molecule has 0 heterocycles. The lowest BCUT2D eigenvalue weighted by molar-refractivity contribution is -0.144. The van der Waals surface area contributed by atoms with E-state index in [-0.39, 0.29) is 24.9 Å². The van der Waals surface area contributed by atoms with Gasteiger partial charge in [0.2, 0.25) is 0 Å². The van der Waals surface area contributed by atoms with Crippen LogP contribution in [0.3, 0.4) is 0 Å². The second-order valence-corrected chi connectivity index (χ2v) is 4.88. The van der Waals surface area contributed by atoms with Gasteiger partial charge in [-0.05, 0) is 25.5 Å². The van der Waals surface area contributed by atoms with Crippen molar-refractivity contribution in [3.8, 4) is 5.75 Å². The minimum atomic E-state index is -0.305. The number of carbonyl (C=O) groups is 2. The molecule has 0 spiro atoms. The van der Waals surface area contributed by atoms with Crippen LogP contribution in [0.5, 0.6) is 5.75 Å². The summed E-state index contributed by atoms with van der Waals surface area (Å²) in [6, 6.07) is 9.15. The molecule has 6 nitrogen and oxygen atoms in total. The molecule has 6 heteroatoms. The van der Waals surface area contributed by atoms with Crippen LogP contribution in [0.15, 0.2) is 30.3 Å². The Morgan fingerprint density at radius 2 is 1.87 bits per heavy atom. The van der Waals surface area contributed by atoms with Gasteiger partial charge in [0, 0.05) is 26.8 Å².